The highest BCUT2D eigenvalue weighted by Gasteiger charge is 2.44. The van der Waals surface area contributed by atoms with Crippen LogP contribution in [0.3, 0.4) is 0 Å². The standard InChI is InChI=1S/C31H27F9O3/c1-2-3-18-4-13-24(25(32)14-18)31(39,40)42-22-11-7-20(8-12-22)19-5-9-21(10-6-19)30(37,38)43-23-15-26(33)29(27(34)16-23)41-17-28(35)36/h4,7-8,11-17,19,21H,2-3,5-6,9-10H2,1H3. The highest BCUT2D eigenvalue weighted by molar-refractivity contribution is 5.36. The quantitative estimate of drug-likeness (QED) is 0.158. The zero-order valence-electron chi connectivity index (χ0n) is 22.8. The molecule has 3 nitrogen and oxygen atoms in total. The molecular weight excluding hydrogens is 591 g/mol. The van der Waals surface area contributed by atoms with Gasteiger partial charge in [0.25, 0.3) is 0 Å². The second-order valence-electron chi connectivity index (χ2n) is 10.2. The van der Waals surface area contributed by atoms with Crippen molar-refractivity contribution in [3.8, 4) is 17.2 Å². The van der Waals surface area contributed by atoms with Crippen molar-refractivity contribution in [2.45, 2.75) is 63.6 Å². The van der Waals surface area contributed by atoms with E-state index in [4.69, 9.17) is 4.74 Å². The van der Waals surface area contributed by atoms with Crippen molar-refractivity contribution in [2.24, 2.45) is 5.92 Å². The first-order chi connectivity index (χ1) is 20.3. The van der Waals surface area contributed by atoms with Gasteiger partial charge in [-0.3, -0.25) is 0 Å². The molecule has 12 heteroatoms. The minimum atomic E-state index is -3.93. The van der Waals surface area contributed by atoms with Crippen molar-refractivity contribution in [3.63, 3.8) is 0 Å². The monoisotopic (exact) mass is 618 g/mol. The predicted molar refractivity (Wildman–Crippen MR) is 139 cm³/mol. The molecule has 0 bridgehead atoms. The van der Waals surface area contributed by atoms with E-state index in [1.165, 1.54) is 30.3 Å². The molecule has 0 unspecified atom stereocenters. The summed E-state index contributed by atoms with van der Waals surface area (Å²) in [5, 5.41) is 0. The van der Waals surface area contributed by atoms with Gasteiger partial charge in [0.05, 0.1) is 11.5 Å². The Bertz CT molecular complexity index is 1410. The van der Waals surface area contributed by atoms with Crippen LogP contribution in [-0.4, -0.2) is 6.11 Å². The summed E-state index contributed by atoms with van der Waals surface area (Å²) in [6, 6.07) is 9.95. The molecule has 0 amide bonds. The highest BCUT2D eigenvalue weighted by atomic mass is 19.3. The molecule has 1 aliphatic carbocycles. The number of ether oxygens (including phenoxy) is 3. The van der Waals surface area contributed by atoms with Gasteiger partial charge in [-0.2, -0.15) is 26.3 Å². The number of hydrogen-bond donors (Lipinski definition) is 0. The number of halogens is 9. The van der Waals surface area contributed by atoms with Crippen molar-refractivity contribution >= 4 is 0 Å². The molecule has 3 aromatic rings. The Hall–Kier alpha value is -3.83. The van der Waals surface area contributed by atoms with Crippen LogP contribution in [0.15, 0.2) is 66.9 Å². The van der Waals surface area contributed by atoms with Gasteiger partial charge in [-0.25, -0.2) is 13.2 Å². The number of hydrogen-bond acceptors (Lipinski definition) is 3. The number of rotatable bonds is 11. The third-order valence-electron chi connectivity index (χ3n) is 7.18. The average molecular weight is 619 g/mol. The summed E-state index contributed by atoms with van der Waals surface area (Å²) in [7, 11) is 0. The SMILES string of the molecule is CCCc1ccc(C(F)(F)Oc2ccc(C3CCC(C(F)(F)Oc4cc(F)c(OC=C(F)F)c(F)c4)CC3)cc2)c(F)c1. The molecule has 4 rings (SSSR count). The van der Waals surface area contributed by atoms with Gasteiger partial charge in [0.15, 0.2) is 23.6 Å². The number of aryl methyl sites for hydroxylation is 1. The summed E-state index contributed by atoms with van der Waals surface area (Å²) in [6.45, 7) is 1.89. The second kappa shape index (κ2) is 13.2. The Morgan fingerprint density at radius 1 is 0.791 bits per heavy atom. The van der Waals surface area contributed by atoms with E-state index in [1.807, 2.05) is 6.92 Å². The third-order valence-corrected chi connectivity index (χ3v) is 7.18. The maximum absolute atomic E-state index is 14.9. The molecule has 232 valence electrons. The smallest absolute Gasteiger partial charge is 0.429 e. The molecule has 0 aliphatic heterocycles. The van der Waals surface area contributed by atoms with Crippen molar-refractivity contribution in [1.82, 2.24) is 0 Å². The summed E-state index contributed by atoms with van der Waals surface area (Å²) in [4.78, 5) is 0. The lowest BCUT2D eigenvalue weighted by Gasteiger charge is -2.33. The largest absolute Gasteiger partial charge is 0.453 e. The first-order valence-electron chi connectivity index (χ1n) is 13.5. The molecule has 0 N–H and O–H groups in total. The van der Waals surface area contributed by atoms with Gasteiger partial charge < -0.3 is 14.2 Å². The van der Waals surface area contributed by atoms with Crippen LogP contribution in [-0.2, 0) is 12.5 Å². The fourth-order valence-corrected chi connectivity index (χ4v) is 5.06. The third kappa shape index (κ3) is 7.97. The van der Waals surface area contributed by atoms with Crippen LogP contribution >= 0.6 is 0 Å². The van der Waals surface area contributed by atoms with Gasteiger partial charge in [0.1, 0.15) is 17.3 Å². The minimum Gasteiger partial charge on any atom is -0.453 e. The average Bonchev–Trinajstić information content (AvgIpc) is 2.92. The van der Waals surface area contributed by atoms with Crippen molar-refractivity contribution in [3.05, 3.63) is 101 Å². The molecule has 0 atom stereocenters. The lowest BCUT2D eigenvalue weighted by Crippen LogP contribution is -2.37. The Kier molecular flexibility index (Phi) is 9.86. The Labute approximate surface area is 241 Å². The Morgan fingerprint density at radius 2 is 1.42 bits per heavy atom. The molecule has 0 radical (unpaired) electrons. The van der Waals surface area contributed by atoms with Gasteiger partial charge in [-0.1, -0.05) is 31.5 Å². The molecular formula is C31H27F9O3. The molecule has 3 aromatic carbocycles. The molecule has 0 saturated heterocycles. The van der Waals surface area contributed by atoms with E-state index in [2.05, 4.69) is 9.47 Å². The summed E-state index contributed by atoms with van der Waals surface area (Å²) >= 11 is 0. The van der Waals surface area contributed by atoms with E-state index in [1.54, 1.807) is 0 Å². The molecule has 0 aromatic heterocycles. The summed E-state index contributed by atoms with van der Waals surface area (Å²) in [5.41, 5.74) is 0.404. The molecule has 0 heterocycles. The molecule has 43 heavy (non-hydrogen) atoms. The topological polar surface area (TPSA) is 27.7 Å². The van der Waals surface area contributed by atoms with Gasteiger partial charge in [0, 0.05) is 12.1 Å². The summed E-state index contributed by atoms with van der Waals surface area (Å²) in [6.07, 6.45) is -8.47. The van der Waals surface area contributed by atoms with E-state index in [-0.39, 0.29) is 43.6 Å². The molecule has 1 saturated carbocycles. The van der Waals surface area contributed by atoms with E-state index in [9.17, 15) is 39.5 Å². The normalized spacial score (nSPS) is 17.3. The number of benzene rings is 3. The van der Waals surface area contributed by atoms with E-state index in [0.717, 1.165) is 18.6 Å². The summed E-state index contributed by atoms with van der Waals surface area (Å²) in [5.74, 6) is -7.81. The maximum atomic E-state index is 14.9. The van der Waals surface area contributed by atoms with Crippen LogP contribution in [0.5, 0.6) is 17.2 Å². The van der Waals surface area contributed by atoms with Crippen LogP contribution in [0.4, 0.5) is 39.5 Å². The van der Waals surface area contributed by atoms with E-state index < -0.39 is 58.7 Å². The molecule has 1 fully saturated rings. The van der Waals surface area contributed by atoms with Crippen molar-refractivity contribution < 1.29 is 53.7 Å². The van der Waals surface area contributed by atoms with Crippen molar-refractivity contribution in [2.75, 3.05) is 0 Å². The van der Waals surface area contributed by atoms with Crippen molar-refractivity contribution in [1.29, 1.82) is 0 Å². The van der Waals surface area contributed by atoms with Crippen LogP contribution in [0.25, 0.3) is 0 Å². The Balaban J connectivity index is 1.35. The first kappa shape index (κ1) is 32.1. The molecule has 1 aliphatic rings. The Morgan fingerprint density at radius 3 is 1.98 bits per heavy atom. The van der Waals surface area contributed by atoms with E-state index in [0.29, 0.717) is 29.7 Å². The first-order valence-corrected chi connectivity index (χ1v) is 13.5. The lowest BCUT2D eigenvalue weighted by atomic mass is 9.78. The predicted octanol–water partition coefficient (Wildman–Crippen LogP) is 10.2. The van der Waals surface area contributed by atoms with Gasteiger partial charge in [-0.05, 0) is 73.4 Å². The van der Waals surface area contributed by atoms with Crippen LogP contribution in [0.2, 0.25) is 0 Å². The van der Waals surface area contributed by atoms with Crippen LogP contribution in [0, 0.1) is 23.4 Å². The summed E-state index contributed by atoms with van der Waals surface area (Å²) < 4.78 is 139. The van der Waals surface area contributed by atoms with Gasteiger partial charge in [0.2, 0.25) is 0 Å². The lowest BCUT2D eigenvalue weighted by molar-refractivity contribution is -0.222. The maximum Gasteiger partial charge on any atom is 0.429 e. The van der Waals surface area contributed by atoms with Crippen LogP contribution < -0.4 is 14.2 Å². The van der Waals surface area contributed by atoms with Crippen LogP contribution in [0.1, 0.15) is 61.6 Å². The van der Waals surface area contributed by atoms with Gasteiger partial charge in [-0.15, -0.1) is 0 Å². The highest BCUT2D eigenvalue weighted by Crippen LogP contribution is 2.44. The zero-order valence-corrected chi connectivity index (χ0v) is 22.8. The zero-order chi connectivity index (χ0) is 31.4. The fraction of sp³-hybridized carbons (Fsp3) is 0.355. The molecule has 0 spiro atoms. The number of alkyl halides is 4. The van der Waals surface area contributed by atoms with E-state index >= 15 is 0 Å². The second-order valence-corrected chi connectivity index (χ2v) is 10.2. The fourth-order valence-electron chi connectivity index (χ4n) is 5.06. The van der Waals surface area contributed by atoms with Gasteiger partial charge >= 0.3 is 18.3 Å². The minimum absolute atomic E-state index is 0.0198.